The van der Waals surface area contributed by atoms with Gasteiger partial charge in [0.2, 0.25) is 0 Å². The average molecular weight is 171 g/mol. The number of halogens is 3. The van der Waals surface area contributed by atoms with Gasteiger partial charge >= 0.3 is 6.18 Å². The quantitative estimate of drug-likeness (QED) is 0.680. The Bertz CT molecular complexity index is 115. The number of hydrogen-bond donors (Lipinski definition) is 1. The first kappa shape index (κ1) is 10.7. The molecule has 2 nitrogen and oxygen atoms in total. The van der Waals surface area contributed by atoms with E-state index >= 15 is 0 Å². The monoisotopic (exact) mass is 171 g/mol. The lowest BCUT2D eigenvalue weighted by molar-refractivity contribution is -0.207. The van der Waals surface area contributed by atoms with E-state index in [-0.39, 0.29) is 6.54 Å². The molecule has 0 radical (unpaired) electrons. The first-order chi connectivity index (χ1) is 4.88. The molecule has 0 aliphatic rings. The fourth-order valence-electron chi connectivity index (χ4n) is 0.528. The Morgan fingerprint density at radius 1 is 1.45 bits per heavy atom. The Labute approximate surface area is 63.6 Å². The van der Waals surface area contributed by atoms with Gasteiger partial charge in [0.25, 0.3) is 0 Å². The van der Waals surface area contributed by atoms with E-state index in [2.05, 4.69) is 0 Å². The highest BCUT2D eigenvalue weighted by Crippen LogP contribution is 2.20. The molecule has 0 bridgehead atoms. The molecule has 0 heterocycles. The molecule has 0 aliphatic heterocycles. The van der Waals surface area contributed by atoms with Crippen molar-refractivity contribution in [2.75, 3.05) is 20.1 Å². The number of likely N-dealkylation sites (N-methyl/N-ethyl adjacent to an activating group) is 1. The van der Waals surface area contributed by atoms with Crippen LogP contribution in [0.3, 0.4) is 0 Å². The maximum Gasteiger partial charge on any atom is 0.415 e. The number of rotatable bonds is 3. The van der Waals surface area contributed by atoms with Gasteiger partial charge in [-0.25, -0.2) is 0 Å². The van der Waals surface area contributed by atoms with Crippen LogP contribution in [0.25, 0.3) is 0 Å². The van der Waals surface area contributed by atoms with Crippen molar-refractivity contribution in [1.29, 1.82) is 0 Å². The van der Waals surface area contributed by atoms with Gasteiger partial charge in [0.15, 0.2) is 6.10 Å². The Hall–Kier alpha value is -0.290. The number of hydrogen-bond acceptors (Lipinski definition) is 2. The van der Waals surface area contributed by atoms with Gasteiger partial charge in [-0.1, -0.05) is 6.92 Å². The van der Waals surface area contributed by atoms with Crippen LogP contribution >= 0.6 is 0 Å². The summed E-state index contributed by atoms with van der Waals surface area (Å²) in [7, 11) is 1.52. The fourth-order valence-corrected chi connectivity index (χ4v) is 0.528. The first-order valence-corrected chi connectivity index (χ1v) is 3.31. The summed E-state index contributed by atoms with van der Waals surface area (Å²) in [5.41, 5.74) is 0. The Morgan fingerprint density at radius 2 is 1.91 bits per heavy atom. The third-order valence-corrected chi connectivity index (χ3v) is 1.40. The van der Waals surface area contributed by atoms with Crippen molar-refractivity contribution in [1.82, 2.24) is 4.90 Å². The van der Waals surface area contributed by atoms with Crippen molar-refractivity contribution in [2.45, 2.75) is 19.2 Å². The lowest BCUT2D eigenvalue weighted by atomic mass is 10.3. The van der Waals surface area contributed by atoms with E-state index in [0.717, 1.165) is 0 Å². The van der Waals surface area contributed by atoms with E-state index < -0.39 is 12.3 Å². The van der Waals surface area contributed by atoms with Crippen LogP contribution in [0.1, 0.15) is 6.92 Å². The van der Waals surface area contributed by atoms with Crippen LogP contribution in [0.5, 0.6) is 0 Å². The van der Waals surface area contributed by atoms with Crippen molar-refractivity contribution in [3.05, 3.63) is 0 Å². The minimum Gasteiger partial charge on any atom is -0.382 e. The summed E-state index contributed by atoms with van der Waals surface area (Å²) in [6, 6.07) is 0. The minimum absolute atomic E-state index is 0.361. The summed E-state index contributed by atoms with van der Waals surface area (Å²) in [5.74, 6) is 0. The van der Waals surface area contributed by atoms with E-state index in [1.807, 2.05) is 0 Å². The summed E-state index contributed by atoms with van der Waals surface area (Å²) in [5, 5.41) is 8.52. The van der Waals surface area contributed by atoms with Crippen LogP contribution in [0.4, 0.5) is 13.2 Å². The molecular weight excluding hydrogens is 159 g/mol. The van der Waals surface area contributed by atoms with Crippen LogP contribution in [-0.2, 0) is 0 Å². The zero-order valence-electron chi connectivity index (χ0n) is 6.52. The van der Waals surface area contributed by atoms with Crippen LogP contribution < -0.4 is 0 Å². The van der Waals surface area contributed by atoms with Gasteiger partial charge in [-0.05, 0) is 13.6 Å². The highest BCUT2D eigenvalue weighted by molar-refractivity contribution is 4.68. The summed E-state index contributed by atoms with van der Waals surface area (Å²) >= 11 is 0. The number of aliphatic hydroxyl groups excluding tert-OH is 1. The molecule has 0 saturated carbocycles. The highest BCUT2D eigenvalue weighted by Gasteiger charge is 2.38. The molecule has 0 rings (SSSR count). The summed E-state index contributed by atoms with van der Waals surface area (Å²) < 4.78 is 35.0. The third kappa shape index (κ3) is 4.21. The fraction of sp³-hybridized carbons (Fsp3) is 1.00. The molecule has 5 heteroatoms. The smallest absolute Gasteiger partial charge is 0.382 e. The predicted molar refractivity (Wildman–Crippen MR) is 35.2 cm³/mol. The molecule has 0 amide bonds. The van der Waals surface area contributed by atoms with Crippen molar-refractivity contribution in [3.63, 3.8) is 0 Å². The van der Waals surface area contributed by atoms with Crippen molar-refractivity contribution in [3.8, 4) is 0 Å². The molecule has 0 spiro atoms. The summed E-state index contributed by atoms with van der Waals surface area (Å²) in [4.78, 5) is 1.40. The van der Waals surface area contributed by atoms with Crippen LogP contribution in [0, 0.1) is 0 Å². The minimum atomic E-state index is -4.50. The van der Waals surface area contributed by atoms with Crippen LogP contribution in [0.2, 0.25) is 0 Å². The van der Waals surface area contributed by atoms with E-state index in [1.165, 1.54) is 11.9 Å². The molecule has 0 aliphatic carbocycles. The SMILES string of the molecule is CCN(C)CC(O)C(F)(F)F. The molecule has 11 heavy (non-hydrogen) atoms. The van der Waals surface area contributed by atoms with Gasteiger partial charge in [-0.2, -0.15) is 13.2 Å². The van der Waals surface area contributed by atoms with E-state index in [1.54, 1.807) is 6.92 Å². The average Bonchev–Trinajstić information content (AvgIpc) is 1.85. The topological polar surface area (TPSA) is 23.5 Å². The predicted octanol–water partition coefficient (Wildman–Crippen LogP) is 0.861. The molecule has 0 fully saturated rings. The Kier molecular flexibility index (Phi) is 3.82. The van der Waals surface area contributed by atoms with Crippen molar-refractivity contribution >= 4 is 0 Å². The Balaban J connectivity index is 3.77. The van der Waals surface area contributed by atoms with Gasteiger partial charge < -0.3 is 10.0 Å². The standard InChI is InChI=1S/C6H12F3NO/c1-3-10(2)4-5(11)6(7,8)9/h5,11H,3-4H2,1-2H3. The van der Waals surface area contributed by atoms with Crippen molar-refractivity contribution < 1.29 is 18.3 Å². The number of nitrogens with zero attached hydrogens (tertiary/aromatic N) is 1. The maximum absolute atomic E-state index is 11.7. The second kappa shape index (κ2) is 3.92. The second-order valence-corrected chi connectivity index (χ2v) is 2.41. The van der Waals surface area contributed by atoms with Crippen molar-refractivity contribution in [2.24, 2.45) is 0 Å². The highest BCUT2D eigenvalue weighted by atomic mass is 19.4. The largest absolute Gasteiger partial charge is 0.415 e. The van der Waals surface area contributed by atoms with Gasteiger partial charge in [0.05, 0.1) is 0 Å². The zero-order chi connectivity index (χ0) is 9.07. The molecule has 0 saturated heterocycles. The van der Waals surface area contributed by atoms with Gasteiger partial charge in [0, 0.05) is 6.54 Å². The molecule has 0 aromatic heterocycles. The van der Waals surface area contributed by atoms with E-state index in [4.69, 9.17) is 5.11 Å². The van der Waals surface area contributed by atoms with Gasteiger partial charge in [0.1, 0.15) is 0 Å². The number of aliphatic hydroxyl groups is 1. The molecule has 0 aromatic carbocycles. The second-order valence-electron chi connectivity index (χ2n) is 2.41. The third-order valence-electron chi connectivity index (χ3n) is 1.40. The normalized spacial score (nSPS) is 15.5. The summed E-state index contributed by atoms with van der Waals surface area (Å²) in [6.07, 6.45) is -6.73. The molecule has 1 atom stereocenters. The lowest BCUT2D eigenvalue weighted by Crippen LogP contribution is -2.39. The first-order valence-electron chi connectivity index (χ1n) is 3.31. The zero-order valence-corrected chi connectivity index (χ0v) is 6.52. The number of alkyl halides is 3. The van der Waals surface area contributed by atoms with Crippen LogP contribution in [-0.4, -0.2) is 42.4 Å². The molecular formula is C6H12F3NO. The molecule has 68 valence electrons. The van der Waals surface area contributed by atoms with Gasteiger partial charge in [-0.3, -0.25) is 0 Å². The lowest BCUT2D eigenvalue weighted by Gasteiger charge is -2.20. The molecule has 1 N–H and O–H groups in total. The maximum atomic E-state index is 11.7. The summed E-state index contributed by atoms with van der Waals surface area (Å²) in [6.45, 7) is 1.86. The Morgan fingerprint density at radius 3 is 2.18 bits per heavy atom. The van der Waals surface area contributed by atoms with E-state index in [9.17, 15) is 13.2 Å². The van der Waals surface area contributed by atoms with Crippen LogP contribution in [0.15, 0.2) is 0 Å². The molecule has 1 unspecified atom stereocenters. The molecule has 0 aromatic rings. The van der Waals surface area contributed by atoms with Gasteiger partial charge in [-0.15, -0.1) is 0 Å². The van der Waals surface area contributed by atoms with E-state index in [0.29, 0.717) is 6.54 Å².